The Bertz CT molecular complexity index is 1010. The molecule has 2 N–H and O–H groups in total. The average molecular weight is 395 g/mol. The molecule has 0 saturated heterocycles. The molecule has 1 heterocycles. The molecular formula is C21H22N4O2S. The summed E-state index contributed by atoms with van der Waals surface area (Å²) in [6, 6.07) is 15.3. The molecule has 0 spiro atoms. The van der Waals surface area contributed by atoms with E-state index in [4.69, 9.17) is 0 Å². The number of aromatic nitrogens is 2. The number of carbonyl (C=O) groups is 2. The van der Waals surface area contributed by atoms with Gasteiger partial charge in [0.15, 0.2) is 0 Å². The minimum atomic E-state index is -0.248. The molecule has 3 rings (SSSR count). The zero-order valence-corrected chi connectivity index (χ0v) is 16.7. The number of hydrogen-bond acceptors (Lipinski definition) is 5. The lowest BCUT2D eigenvalue weighted by molar-refractivity contribution is -0.122. The summed E-state index contributed by atoms with van der Waals surface area (Å²) in [6.07, 6.45) is 0.825. The summed E-state index contributed by atoms with van der Waals surface area (Å²) in [5.74, 6) is 0.377. The van der Waals surface area contributed by atoms with E-state index in [1.54, 1.807) is 0 Å². The number of hydrogen-bond donors (Lipinski definition) is 2. The molecule has 0 atom stereocenters. The summed E-state index contributed by atoms with van der Waals surface area (Å²) in [5.41, 5.74) is 2.69. The highest BCUT2D eigenvalue weighted by atomic mass is 32.2. The lowest BCUT2D eigenvalue weighted by Crippen LogP contribution is -2.34. The van der Waals surface area contributed by atoms with Crippen LogP contribution in [0.1, 0.15) is 18.3 Å². The smallest absolute Gasteiger partial charge is 0.243 e. The van der Waals surface area contributed by atoms with Gasteiger partial charge in [-0.1, -0.05) is 55.1 Å². The van der Waals surface area contributed by atoms with E-state index in [9.17, 15) is 9.59 Å². The van der Waals surface area contributed by atoms with Crippen LogP contribution in [-0.2, 0) is 16.0 Å². The molecule has 0 aliphatic heterocycles. The molecule has 0 unspecified atom stereocenters. The monoisotopic (exact) mass is 394 g/mol. The molecule has 0 aliphatic rings. The molecule has 1 aromatic heterocycles. The van der Waals surface area contributed by atoms with Crippen LogP contribution in [0, 0.1) is 6.92 Å². The quantitative estimate of drug-likeness (QED) is 0.474. The van der Waals surface area contributed by atoms with Gasteiger partial charge < -0.3 is 10.6 Å². The van der Waals surface area contributed by atoms with Crippen LogP contribution in [0.15, 0.2) is 53.6 Å². The van der Waals surface area contributed by atoms with Gasteiger partial charge in [-0.25, -0.2) is 9.97 Å². The van der Waals surface area contributed by atoms with Gasteiger partial charge in [-0.15, -0.1) is 0 Å². The molecule has 0 bridgehead atoms. The van der Waals surface area contributed by atoms with Crippen molar-refractivity contribution in [3.63, 3.8) is 0 Å². The number of amides is 2. The molecule has 0 fully saturated rings. The van der Waals surface area contributed by atoms with E-state index >= 15 is 0 Å². The number of anilines is 1. The van der Waals surface area contributed by atoms with E-state index in [1.165, 1.54) is 11.8 Å². The summed E-state index contributed by atoms with van der Waals surface area (Å²) in [6.45, 7) is 3.79. The van der Waals surface area contributed by atoms with E-state index in [0.717, 1.165) is 33.6 Å². The summed E-state index contributed by atoms with van der Waals surface area (Å²) in [7, 11) is 0. The SMILES string of the molecule is CCc1ccccc1NC(=O)CNC(=O)CSc1nc(C)nc2ccccc12. The minimum Gasteiger partial charge on any atom is -0.346 e. The van der Waals surface area contributed by atoms with Crippen LogP contribution < -0.4 is 10.6 Å². The minimum absolute atomic E-state index is 0.0685. The van der Waals surface area contributed by atoms with Crippen molar-refractivity contribution in [3.05, 3.63) is 59.9 Å². The van der Waals surface area contributed by atoms with Crippen LogP contribution in [0.25, 0.3) is 10.9 Å². The number of nitrogens with one attached hydrogen (secondary N) is 2. The second-order valence-corrected chi connectivity index (χ2v) is 7.18. The molecule has 144 valence electrons. The maximum absolute atomic E-state index is 12.2. The Hall–Kier alpha value is -2.93. The maximum Gasteiger partial charge on any atom is 0.243 e. The van der Waals surface area contributed by atoms with Gasteiger partial charge in [-0.2, -0.15) is 0 Å². The molecule has 2 amide bonds. The lowest BCUT2D eigenvalue weighted by atomic mass is 10.1. The van der Waals surface area contributed by atoms with Crippen molar-refractivity contribution in [1.82, 2.24) is 15.3 Å². The first kappa shape index (κ1) is 19.8. The Labute approximate surface area is 168 Å². The van der Waals surface area contributed by atoms with E-state index < -0.39 is 0 Å². The van der Waals surface area contributed by atoms with Crippen LogP contribution >= 0.6 is 11.8 Å². The molecule has 3 aromatic rings. The van der Waals surface area contributed by atoms with E-state index in [-0.39, 0.29) is 24.1 Å². The number of thioether (sulfide) groups is 1. The van der Waals surface area contributed by atoms with Crippen LogP contribution in [0.2, 0.25) is 0 Å². The van der Waals surface area contributed by atoms with Crippen molar-refractivity contribution in [2.24, 2.45) is 0 Å². The van der Waals surface area contributed by atoms with Crippen molar-refractivity contribution in [2.75, 3.05) is 17.6 Å². The fourth-order valence-corrected chi connectivity index (χ4v) is 3.67. The highest BCUT2D eigenvalue weighted by Crippen LogP contribution is 2.24. The van der Waals surface area contributed by atoms with Crippen molar-refractivity contribution >= 4 is 40.2 Å². The predicted octanol–water partition coefficient (Wildman–Crippen LogP) is 3.35. The Morgan fingerprint density at radius 1 is 1.00 bits per heavy atom. The fraction of sp³-hybridized carbons (Fsp3) is 0.238. The topological polar surface area (TPSA) is 84.0 Å². The van der Waals surface area contributed by atoms with Crippen molar-refractivity contribution in [1.29, 1.82) is 0 Å². The third kappa shape index (κ3) is 5.07. The van der Waals surface area contributed by atoms with Gasteiger partial charge in [0.1, 0.15) is 10.9 Å². The van der Waals surface area contributed by atoms with Crippen LogP contribution in [0.3, 0.4) is 0 Å². The first-order valence-corrected chi connectivity index (χ1v) is 10.1. The van der Waals surface area contributed by atoms with E-state index in [2.05, 4.69) is 20.6 Å². The average Bonchev–Trinajstić information content (AvgIpc) is 2.70. The summed E-state index contributed by atoms with van der Waals surface area (Å²) < 4.78 is 0. The maximum atomic E-state index is 12.2. The van der Waals surface area contributed by atoms with Crippen molar-refractivity contribution < 1.29 is 9.59 Å². The van der Waals surface area contributed by atoms with Crippen molar-refractivity contribution in [3.8, 4) is 0 Å². The molecule has 7 heteroatoms. The summed E-state index contributed by atoms with van der Waals surface area (Å²) in [4.78, 5) is 33.1. The zero-order valence-electron chi connectivity index (χ0n) is 15.9. The number of nitrogens with zero attached hydrogens (tertiary/aromatic N) is 2. The summed E-state index contributed by atoms with van der Waals surface area (Å²) >= 11 is 1.34. The fourth-order valence-electron chi connectivity index (χ4n) is 2.78. The van der Waals surface area contributed by atoms with Gasteiger partial charge in [0.05, 0.1) is 17.8 Å². The first-order valence-electron chi connectivity index (χ1n) is 9.07. The van der Waals surface area contributed by atoms with Gasteiger partial charge in [0, 0.05) is 11.1 Å². The summed E-state index contributed by atoms with van der Waals surface area (Å²) in [5, 5.41) is 7.18. The van der Waals surface area contributed by atoms with Crippen LogP contribution in [0.5, 0.6) is 0 Å². The van der Waals surface area contributed by atoms with Crippen LogP contribution in [0.4, 0.5) is 5.69 Å². The van der Waals surface area contributed by atoms with Crippen molar-refractivity contribution in [2.45, 2.75) is 25.3 Å². The highest BCUT2D eigenvalue weighted by molar-refractivity contribution is 8.00. The molecule has 0 aliphatic carbocycles. The Morgan fingerprint density at radius 3 is 2.57 bits per heavy atom. The zero-order chi connectivity index (χ0) is 19.9. The number of para-hydroxylation sites is 2. The number of aryl methyl sites for hydroxylation is 2. The Kier molecular flexibility index (Phi) is 6.60. The molecule has 28 heavy (non-hydrogen) atoms. The standard InChI is InChI=1S/C21H22N4O2S/c1-3-15-8-4-6-10-17(15)25-19(26)12-22-20(27)13-28-21-16-9-5-7-11-18(16)23-14(2)24-21/h4-11H,3,12-13H2,1-2H3,(H,22,27)(H,25,26). The largest absolute Gasteiger partial charge is 0.346 e. The highest BCUT2D eigenvalue weighted by Gasteiger charge is 2.11. The second-order valence-electron chi connectivity index (χ2n) is 6.22. The second kappa shape index (κ2) is 9.32. The van der Waals surface area contributed by atoms with Crippen LogP contribution in [-0.4, -0.2) is 34.1 Å². The van der Waals surface area contributed by atoms with E-state index in [0.29, 0.717) is 5.82 Å². The number of carbonyl (C=O) groups excluding carboxylic acids is 2. The van der Waals surface area contributed by atoms with Gasteiger partial charge in [0.25, 0.3) is 0 Å². The molecule has 0 radical (unpaired) electrons. The molecule has 2 aromatic carbocycles. The Morgan fingerprint density at radius 2 is 1.75 bits per heavy atom. The molecule has 0 saturated carbocycles. The van der Waals surface area contributed by atoms with Gasteiger partial charge in [-0.3, -0.25) is 9.59 Å². The van der Waals surface area contributed by atoms with Gasteiger partial charge in [0.2, 0.25) is 11.8 Å². The number of rotatable bonds is 7. The lowest BCUT2D eigenvalue weighted by Gasteiger charge is -2.10. The Balaban J connectivity index is 1.53. The third-order valence-corrected chi connectivity index (χ3v) is 5.13. The molecular weight excluding hydrogens is 372 g/mol. The third-order valence-electron chi connectivity index (χ3n) is 4.14. The number of fused-ring (bicyclic) bond motifs is 1. The number of benzene rings is 2. The predicted molar refractivity (Wildman–Crippen MR) is 112 cm³/mol. The first-order chi connectivity index (χ1) is 13.6. The van der Waals surface area contributed by atoms with Gasteiger partial charge in [-0.05, 0) is 31.0 Å². The molecule has 6 nitrogen and oxygen atoms in total. The normalized spacial score (nSPS) is 10.6. The van der Waals surface area contributed by atoms with E-state index in [1.807, 2.05) is 62.4 Å². The van der Waals surface area contributed by atoms with Gasteiger partial charge >= 0.3 is 0 Å².